The van der Waals surface area contributed by atoms with Gasteiger partial charge in [0.15, 0.2) is 0 Å². The lowest BCUT2D eigenvalue weighted by Crippen LogP contribution is -2.21. The fourth-order valence-electron chi connectivity index (χ4n) is 2.62. The molecule has 6 nitrogen and oxygen atoms in total. The number of aryl methyl sites for hydroxylation is 1. The van der Waals surface area contributed by atoms with Gasteiger partial charge in [-0.1, -0.05) is 25.1 Å². The third kappa shape index (κ3) is 2.99. The molecular weight excluding hydrogens is 304 g/mol. The maximum atomic E-state index is 12.5. The lowest BCUT2D eigenvalue weighted by Gasteiger charge is -2.02. The van der Waals surface area contributed by atoms with Crippen LogP contribution >= 0.6 is 0 Å². The van der Waals surface area contributed by atoms with Crippen molar-refractivity contribution in [2.45, 2.75) is 19.9 Å². The molecule has 0 bridgehead atoms. The molecule has 122 valence electrons. The second-order valence-corrected chi connectivity index (χ2v) is 5.48. The Bertz CT molecular complexity index is 982. The highest BCUT2D eigenvalue weighted by molar-refractivity contribution is 5.99. The van der Waals surface area contributed by atoms with Gasteiger partial charge in [-0.25, -0.2) is 0 Å². The number of para-hydroxylation sites is 2. The molecule has 0 spiro atoms. The summed E-state index contributed by atoms with van der Waals surface area (Å²) >= 11 is 0. The number of benzene rings is 2. The number of hydrogen-bond acceptors (Lipinski definition) is 2. The number of amides is 2. The van der Waals surface area contributed by atoms with Crippen LogP contribution in [0.3, 0.4) is 0 Å². The van der Waals surface area contributed by atoms with Crippen LogP contribution in [0.1, 0.15) is 34.1 Å². The molecule has 1 heterocycles. The molecule has 2 amide bonds. The molecule has 0 aliphatic rings. The number of nitrogens with one attached hydrogen (secondary N) is 1. The molecule has 0 saturated carbocycles. The molecule has 0 radical (unpaired) electrons. The van der Waals surface area contributed by atoms with Crippen molar-refractivity contribution in [1.82, 2.24) is 9.55 Å². The van der Waals surface area contributed by atoms with Crippen molar-refractivity contribution in [3.8, 4) is 0 Å². The fraction of sp³-hybridized carbons (Fsp3) is 0.167. The first-order valence-corrected chi connectivity index (χ1v) is 7.76. The summed E-state index contributed by atoms with van der Waals surface area (Å²) in [4.78, 5) is 31.1. The average Bonchev–Trinajstić information content (AvgIpc) is 2.93. The van der Waals surface area contributed by atoms with Gasteiger partial charge in [-0.3, -0.25) is 9.59 Å². The first kappa shape index (κ1) is 15.7. The molecule has 0 fully saturated rings. The van der Waals surface area contributed by atoms with Gasteiger partial charge in [-0.05, 0) is 36.8 Å². The molecule has 2 aromatic carbocycles. The number of nitrogens with zero attached hydrogens (tertiary/aromatic N) is 2. The van der Waals surface area contributed by atoms with E-state index in [0.29, 0.717) is 11.2 Å². The third-order valence-corrected chi connectivity index (χ3v) is 3.75. The minimum Gasteiger partial charge on any atom is -0.366 e. The molecule has 6 heteroatoms. The molecule has 3 rings (SSSR count). The summed E-state index contributed by atoms with van der Waals surface area (Å²) in [5.41, 5.74) is 8.28. The monoisotopic (exact) mass is 322 g/mol. The zero-order valence-corrected chi connectivity index (χ0v) is 13.3. The number of carbonyl (C=O) groups excluding carboxylic acids is 2. The van der Waals surface area contributed by atoms with E-state index in [1.54, 1.807) is 18.2 Å². The standard InChI is InChI=1S/C18H18N4O2/c1-2-10-22-15-9-4-3-8-14(15)20-18(22)21-17(24)13-7-5-6-12(11-13)16(19)23/h3-9,11H,2,10H2,1H3,(H2,19,23)(H,20,21,24). The summed E-state index contributed by atoms with van der Waals surface area (Å²) in [6.45, 7) is 2.81. The van der Waals surface area contributed by atoms with E-state index < -0.39 is 11.8 Å². The van der Waals surface area contributed by atoms with E-state index in [-0.39, 0.29) is 5.56 Å². The molecule has 0 aliphatic heterocycles. The van der Waals surface area contributed by atoms with Crippen molar-refractivity contribution >= 4 is 22.8 Å². The van der Waals surface area contributed by atoms with Gasteiger partial charge in [-0.15, -0.1) is 0 Å². The Morgan fingerprint density at radius 3 is 2.62 bits per heavy atom. The van der Waals surface area contributed by atoms with E-state index in [1.165, 1.54) is 6.07 Å². The Balaban J connectivity index is 2.09. The van der Waals surface area contributed by atoms with Crippen LogP contribution in [0.5, 0.6) is 0 Å². The number of rotatable bonds is 4. The van der Waals surface area contributed by atoms with Crippen molar-refractivity contribution < 1.29 is 9.59 Å². The van der Waals surface area contributed by atoms with Crippen molar-refractivity contribution in [3.05, 3.63) is 65.3 Å². The van der Waals surface area contributed by atoms with Crippen LogP contribution in [-0.2, 0) is 6.54 Å². The highest BCUT2D eigenvalue weighted by Gasteiger charge is 2.10. The maximum Gasteiger partial charge on any atom is 0.280 e. The molecule has 3 N–H and O–H groups in total. The summed E-state index contributed by atoms with van der Waals surface area (Å²) < 4.78 is 1.98. The van der Waals surface area contributed by atoms with Gasteiger partial charge in [0.1, 0.15) is 0 Å². The van der Waals surface area contributed by atoms with Crippen molar-refractivity contribution in [2.75, 3.05) is 0 Å². The first-order chi connectivity index (χ1) is 11.6. The van der Waals surface area contributed by atoms with E-state index >= 15 is 0 Å². The zero-order chi connectivity index (χ0) is 17.1. The van der Waals surface area contributed by atoms with Gasteiger partial charge in [0.25, 0.3) is 5.91 Å². The van der Waals surface area contributed by atoms with Crippen molar-refractivity contribution in [3.63, 3.8) is 0 Å². The van der Waals surface area contributed by atoms with Crippen LogP contribution in [-0.4, -0.2) is 21.4 Å². The lowest BCUT2D eigenvalue weighted by molar-refractivity contribution is 0.0996. The Morgan fingerprint density at radius 1 is 1.12 bits per heavy atom. The number of aromatic amines is 1. The molecule has 3 aromatic rings. The highest BCUT2D eigenvalue weighted by Crippen LogP contribution is 2.10. The number of nitrogens with two attached hydrogens (primary N) is 1. The number of H-pyrrole nitrogens is 1. The molecule has 0 atom stereocenters. The van der Waals surface area contributed by atoms with Crippen LogP contribution in [0, 0.1) is 0 Å². The highest BCUT2D eigenvalue weighted by atomic mass is 16.1. The smallest absolute Gasteiger partial charge is 0.280 e. The van der Waals surface area contributed by atoms with Crippen LogP contribution in [0.4, 0.5) is 0 Å². The Hall–Kier alpha value is -3.15. The van der Waals surface area contributed by atoms with Crippen LogP contribution in [0.15, 0.2) is 53.5 Å². The lowest BCUT2D eigenvalue weighted by atomic mass is 10.1. The van der Waals surface area contributed by atoms with Gasteiger partial charge in [0.2, 0.25) is 11.5 Å². The maximum absolute atomic E-state index is 12.5. The van der Waals surface area contributed by atoms with Gasteiger partial charge in [0, 0.05) is 17.7 Å². The second kappa shape index (κ2) is 6.54. The van der Waals surface area contributed by atoms with Gasteiger partial charge in [0.05, 0.1) is 11.0 Å². The molecular formula is C18H18N4O2. The first-order valence-electron chi connectivity index (χ1n) is 7.76. The molecule has 1 aromatic heterocycles. The van der Waals surface area contributed by atoms with Gasteiger partial charge in [-0.2, -0.15) is 4.99 Å². The summed E-state index contributed by atoms with van der Waals surface area (Å²) in [5.74, 6) is -0.995. The SMILES string of the molecule is CCCn1c(=NC(=O)c2cccc(C(N)=O)c2)[nH]c2ccccc21. The summed E-state index contributed by atoms with van der Waals surface area (Å²) in [6, 6.07) is 14.1. The molecule has 24 heavy (non-hydrogen) atoms. The minimum absolute atomic E-state index is 0.286. The van der Waals surface area contributed by atoms with Crippen molar-refractivity contribution in [1.29, 1.82) is 0 Å². The Labute approximate surface area is 138 Å². The topological polar surface area (TPSA) is 93.2 Å². The summed E-state index contributed by atoms with van der Waals surface area (Å²) in [7, 11) is 0. The van der Waals surface area contributed by atoms with Gasteiger partial charge >= 0.3 is 0 Å². The average molecular weight is 322 g/mol. The van der Waals surface area contributed by atoms with Gasteiger partial charge < -0.3 is 15.3 Å². The van der Waals surface area contributed by atoms with E-state index in [2.05, 4.69) is 16.9 Å². The van der Waals surface area contributed by atoms with E-state index in [4.69, 9.17) is 5.73 Å². The predicted octanol–water partition coefficient (Wildman–Crippen LogP) is 2.22. The Kier molecular flexibility index (Phi) is 4.29. The summed E-state index contributed by atoms with van der Waals surface area (Å²) in [6.07, 6.45) is 0.917. The molecule has 0 unspecified atom stereocenters. The van der Waals surface area contributed by atoms with E-state index in [1.807, 2.05) is 28.8 Å². The second-order valence-electron chi connectivity index (χ2n) is 5.48. The fourth-order valence-corrected chi connectivity index (χ4v) is 2.62. The largest absolute Gasteiger partial charge is 0.366 e. The number of hydrogen-bond donors (Lipinski definition) is 2. The number of carbonyl (C=O) groups is 2. The normalized spacial score (nSPS) is 11.8. The van der Waals surface area contributed by atoms with Crippen LogP contribution in [0.25, 0.3) is 11.0 Å². The number of aromatic nitrogens is 2. The van der Waals surface area contributed by atoms with Crippen LogP contribution in [0.2, 0.25) is 0 Å². The number of fused-ring (bicyclic) bond motifs is 1. The summed E-state index contributed by atoms with van der Waals surface area (Å²) in [5, 5.41) is 0. The number of primary amides is 1. The predicted molar refractivity (Wildman–Crippen MR) is 91.4 cm³/mol. The minimum atomic E-state index is -0.573. The molecule has 0 aliphatic carbocycles. The van der Waals surface area contributed by atoms with E-state index in [9.17, 15) is 9.59 Å². The number of imidazole rings is 1. The molecule has 0 saturated heterocycles. The van der Waals surface area contributed by atoms with Crippen molar-refractivity contribution in [2.24, 2.45) is 10.7 Å². The van der Waals surface area contributed by atoms with E-state index in [0.717, 1.165) is 24.0 Å². The third-order valence-electron chi connectivity index (χ3n) is 3.75. The quantitative estimate of drug-likeness (QED) is 0.770. The Morgan fingerprint density at radius 2 is 1.88 bits per heavy atom. The van der Waals surface area contributed by atoms with Crippen LogP contribution < -0.4 is 11.4 Å². The zero-order valence-electron chi connectivity index (χ0n) is 13.3.